The minimum absolute atomic E-state index is 0.0664. The number of carbonyl (C=O) groups is 1. The highest BCUT2D eigenvalue weighted by atomic mass is 16.3. The molecule has 3 N–H and O–H groups in total. The van der Waals surface area contributed by atoms with E-state index in [0.717, 1.165) is 70.6 Å². The number of hydrogen-bond acceptors (Lipinski definition) is 3. The molecule has 0 bridgehead atoms. The summed E-state index contributed by atoms with van der Waals surface area (Å²) in [6.45, 7) is 4.21. The molecule has 4 heteroatoms. The molecule has 386 valence electrons. The van der Waals surface area contributed by atoms with Gasteiger partial charge in [-0.1, -0.05) is 291 Å². The van der Waals surface area contributed by atoms with Gasteiger partial charge in [-0.05, 0) is 77.0 Å². The zero-order valence-electron chi connectivity index (χ0n) is 44.4. The van der Waals surface area contributed by atoms with E-state index < -0.39 is 12.1 Å². The van der Waals surface area contributed by atoms with Gasteiger partial charge in [-0.15, -0.1) is 0 Å². The predicted molar refractivity (Wildman–Crippen MR) is 299 cm³/mol. The van der Waals surface area contributed by atoms with Crippen molar-refractivity contribution < 1.29 is 15.0 Å². The minimum atomic E-state index is -0.845. The predicted octanol–water partition coefficient (Wildman–Crippen LogP) is 19.3. The average molecular weight is 931 g/mol. The van der Waals surface area contributed by atoms with Crippen molar-refractivity contribution in [1.29, 1.82) is 0 Å². The van der Waals surface area contributed by atoms with Crippen LogP contribution in [0.5, 0.6) is 0 Å². The van der Waals surface area contributed by atoms with Gasteiger partial charge in [0, 0.05) is 6.42 Å². The Labute approximate surface area is 417 Å². The summed E-state index contributed by atoms with van der Waals surface area (Å²) in [5.74, 6) is -0.0664. The fourth-order valence-electron chi connectivity index (χ4n) is 8.45. The molecule has 0 fully saturated rings. The molecule has 2 atom stereocenters. The van der Waals surface area contributed by atoms with Crippen LogP contribution in [0.4, 0.5) is 0 Å². The number of nitrogens with one attached hydrogen (secondary N) is 1. The van der Waals surface area contributed by atoms with E-state index in [1.807, 2.05) is 6.08 Å². The van der Waals surface area contributed by atoms with Crippen molar-refractivity contribution in [3.05, 3.63) is 97.2 Å². The van der Waals surface area contributed by atoms with E-state index in [2.05, 4.69) is 104 Å². The van der Waals surface area contributed by atoms with Crippen molar-refractivity contribution in [3.63, 3.8) is 0 Å². The van der Waals surface area contributed by atoms with E-state index in [-0.39, 0.29) is 12.5 Å². The molecule has 0 aliphatic carbocycles. The quantitative estimate of drug-likeness (QED) is 0.0420. The highest BCUT2D eigenvalue weighted by Gasteiger charge is 2.18. The molecule has 4 nitrogen and oxygen atoms in total. The van der Waals surface area contributed by atoms with E-state index >= 15 is 0 Å². The van der Waals surface area contributed by atoms with Crippen molar-refractivity contribution in [3.8, 4) is 0 Å². The molecule has 0 saturated carbocycles. The Morgan fingerprint density at radius 2 is 0.657 bits per heavy atom. The lowest BCUT2D eigenvalue weighted by Gasteiger charge is -2.20. The van der Waals surface area contributed by atoms with E-state index in [1.54, 1.807) is 6.08 Å². The molecule has 0 rings (SSSR count). The monoisotopic (exact) mass is 930 g/mol. The molecule has 2 unspecified atom stereocenters. The van der Waals surface area contributed by atoms with Crippen LogP contribution in [0.1, 0.15) is 277 Å². The third-order valence-corrected chi connectivity index (χ3v) is 12.8. The Morgan fingerprint density at radius 1 is 0.373 bits per heavy atom. The Bertz CT molecular complexity index is 1240. The van der Waals surface area contributed by atoms with Crippen LogP contribution in [-0.2, 0) is 4.79 Å². The van der Waals surface area contributed by atoms with Gasteiger partial charge in [0.25, 0.3) is 0 Å². The second-order valence-electron chi connectivity index (χ2n) is 19.3. The van der Waals surface area contributed by atoms with Gasteiger partial charge in [0.2, 0.25) is 5.91 Å². The van der Waals surface area contributed by atoms with Gasteiger partial charge in [-0.3, -0.25) is 4.79 Å². The van der Waals surface area contributed by atoms with E-state index in [9.17, 15) is 15.0 Å². The summed E-state index contributed by atoms with van der Waals surface area (Å²) in [5.41, 5.74) is 0. The first-order chi connectivity index (χ1) is 33.2. The molecular weight excluding hydrogens is 819 g/mol. The maximum atomic E-state index is 12.5. The highest BCUT2D eigenvalue weighted by Crippen LogP contribution is 2.16. The molecule has 1 amide bonds. The number of aliphatic hydroxyl groups excluding tert-OH is 2. The number of hydrogen-bond donors (Lipinski definition) is 3. The number of unbranched alkanes of at least 4 members (excludes halogenated alkanes) is 31. The molecule has 0 aliphatic heterocycles. The smallest absolute Gasteiger partial charge is 0.220 e. The second kappa shape index (κ2) is 57.6. The summed E-state index contributed by atoms with van der Waals surface area (Å²) < 4.78 is 0. The van der Waals surface area contributed by atoms with Crippen LogP contribution in [0.25, 0.3) is 0 Å². The zero-order chi connectivity index (χ0) is 48.5. The summed E-state index contributed by atoms with van der Waals surface area (Å²) in [6.07, 6.45) is 85.7. The number of allylic oxidation sites excluding steroid dienone is 15. The van der Waals surface area contributed by atoms with Crippen molar-refractivity contribution >= 4 is 5.91 Å². The Morgan fingerprint density at radius 3 is 0.985 bits per heavy atom. The summed E-state index contributed by atoms with van der Waals surface area (Å²) in [5, 5.41) is 23.2. The van der Waals surface area contributed by atoms with Crippen molar-refractivity contribution in [2.75, 3.05) is 6.61 Å². The largest absolute Gasteiger partial charge is 0.394 e. The van der Waals surface area contributed by atoms with E-state index in [4.69, 9.17) is 0 Å². The summed E-state index contributed by atoms with van der Waals surface area (Å²) in [7, 11) is 0. The molecule has 0 radical (unpaired) electrons. The first-order valence-electron chi connectivity index (χ1n) is 29.0. The molecule has 0 saturated heterocycles. The van der Waals surface area contributed by atoms with Gasteiger partial charge in [-0.2, -0.15) is 0 Å². The third-order valence-electron chi connectivity index (χ3n) is 12.8. The lowest BCUT2D eigenvalue weighted by molar-refractivity contribution is -0.123. The normalized spacial score (nSPS) is 13.6. The maximum Gasteiger partial charge on any atom is 0.220 e. The van der Waals surface area contributed by atoms with Crippen LogP contribution < -0.4 is 5.32 Å². The van der Waals surface area contributed by atoms with Crippen molar-refractivity contribution in [2.24, 2.45) is 0 Å². The van der Waals surface area contributed by atoms with Crippen LogP contribution in [0.2, 0.25) is 0 Å². The number of carbonyl (C=O) groups excluding carboxylic acids is 1. The van der Waals surface area contributed by atoms with Crippen LogP contribution in [0.15, 0.2) is 97.2 Å². The lowest BCUT2D eigenvalue weighted by atomic mass is 10.0. The van der Waals surface area contributed by atoms with Gasteiger partial charge in [0.15, 0.2) is 0 Å². The van der Waals surface area contributed by atoms with Crippen LogP contribution >= 0.6 is 0 Å². The first-order valence-corrected chi connectivity index (χ1v) is 29.0. The van der Waals surface area contributed by atoms with E-state index in [1.165, 1.54) is 186 Å². The number of rotatable bonds is 52. The van der Waals surface area contributed by atoms with Gasteiger partial charge in [0.1, 0.15) is 0 Å². The Hall–Kier alpha value is -2.69. The first kappa shape index (κ1) is 64.3. The van der Waals surface area contributed by atoms with Gasteiger partial charge >= 0.3 is 0 Å². The van der Waals surface area contributed by atoms with Crippen LogP contribution in [0.3, 0.4) is 0 Å². The second-order valence-corrected chi connectivity index (χ2v) is 19.3. The summed E-state index contributed by atoms with van der Waals surface area (Å²) in [4.78, 5) is 12.5. The maximum absolute atomic E-state index is 12.5. The Kier molecular flexibility index (Phi) is 55.3. The lowest BCUT2D eigenvalue weighted by Crippen LogP contribution is -2.45. The molecule has 0 aromatic carbocycles. The van der Waals surface area contributed by atoms with Crippen LogP contribution in [-0.4, -0.2) is 34.9 Å². The standard InChI is InChI=1S/C63H111NO3/c1-3-5-7-9-11-13-15-17-19-21-23-25-26-27-28-29-30-31-32-33-34-35-36-37-38-39-41-43-45-47-49-51-53-55-57-59-63(67)64-61(60-65)62(66)58-56-54-52-50-48-46-44-42-40-24-22-20-18-16-14-12-10-8-6-4-2/h5,7,11,13,17,19,23,25,27-28,30-31,33-34,56,58,61-62,65-66H,3-4,6,8-10,12,14-16,18,20-22,24,26,29,32,35-55,57,59-60H2,1-2H3,(H,64,67)/b7-5-,13-11-,19-17-,25-23-,28-27-,31-30-,34-33-,58-56+. The fraction of sp³-hybridized carbons (Fsp3) is 0.730. The SMILES string of the molecule is CC/C=C\C/C=C\C/C=C\C/C=C\C/C=C\C/C=C\C/C=C\CCCCCCCCCCCCCCCC(=O)NC(CO)C(O)/C=C/CCCCCCCCCCCCCCCCCCCC. The molecule has 0 aliphatic rings. The van der Waals surface area contributed by atoms with Gasteiger partial charge in [-0.25, -0.2) is 0 Å². The number of amides is 1. The molecular formula is C63H111NO3. The van der Waals surface area contributed by atoms with E-state index in [0.29, 0.717) is 6.42 Å². The average Bonchev–Trinajstić information content (AvgIpc) is 3.33. The fourth-order valence-corrected chi connectivity index (χ4v) is 8.45. The molecule has 0 spiro atoms. The van der Waals surface area contributed by atoms with Gasteiger partial charge < -0.3 is 15.5 Å². The summed E-state index contributed by atoms with van der Waals surface area (Å²) in [6, 6.07) is -0.628. The highest BCUT2D eigenvalue weighted by molar-refractivity contribution is 5.76. The van der Waals surface area contributed by atoms with Gasteiger partial charge in [0.05, 0.1) is 18.8 Å². The van der Waals surface area contributed by atoms with Crippen molar-refractivity contribution in [1.82, 2.24) is 5.32 Å². The summed E-state index contributed by atoms with van der Waals surface area (Å²) >= 11 is 0. The molecule has 0 aromatic rings. The Balaban J connectivity index is 3.54. The van der Waals surface area contributed by atoms with Crippen molar-refractivity contribution in [2.45, 2.75) is 289 Å². The molecule has 67 heavy (non-hydrogen) atoms. The topological polar surface area (TPSA) is 69.6 Å². The van der Waals surface area contributed by atoms with Crippen LogP contribution in [0, 0.1) is 0 Å². The third kappa shape index (κ3) is 54.1. The number of aliphatic hydroxyl groups is 2. The minimum Gasteiger partial charge on any atom is -0.394 e. The molecule has 0 heterocycles. The zero-order valence-corrected chi connectivity index (χ0v) is 44.4. The molecule has 0 aromatic heterocycles.